The van der Waals surface area contributed by atoms with Crippen molar-refractivity contribution in [3.8, 4) is 11.5 Å². The number of hydrogen-bond donors (Lipinski definition) is 2. The van der Waals surface area contributed by atoms with Crippen LogP contribution in [0.15, 0.2) is 10.5 Å². The number of methoxy groups -OCH3 is 2. The summed E-state index contributed by atoms with van der Waals surface area (Å²) >= 11 is 3.33. The zero-order chi connectivity index (χ0) is 13.2. The minimum atomic E-state index is -1.15. The number of nitrogens with two attached hydrogens (primary N) is 1. The van der Waals surface area contributed by atoms with Crippen LogP contribution in [0.4, 0.5) is 0 Å². The second kappa shape index (κ2) is 5.37. The third-order valence-corrected chi connectivity index (χ3v) is 3.01. The lowest BCUT2D eigenvalue weighted by Crippen LogP contribution is -2.22. The molecule has 6 heteroatoms. The highest BCUT2D eigenvalue weighted by Gasteiger charge is 2.25. The molecule has 1 rings (SSSR count). The number of carbonyl (C=O) groups is 1. The molecule has 0 aliphatic heterocycles. The van der Waals surface area contributed by atoms with E-state index in [9.17, 15) is 4.79 Å². The van der Waals surface area contributed by atoms with Gasteiger partial charge in [0.15, 0.2) is 11.5 Å². The molecule has 1 atom stereocenters. The van der Waals surface area contributed by atoms with E-state index in [1.807, 2.05) is 0 Å². The van der Waals surface area contributed by atoms with Gasteiger partial charge in [-0.15, -0.1) is 0 Å². The number of carboxylic acid groups (broad SMARTS) is 1. The van der Waals surface area contributed by atoms with Crippen molar-refractivity contribution in [2.45, 2.75) is 13.0 Å². The van der Waals surface area contributed by atoms with Gasteiger partial charge < -0.3 is 20.3 Å². The average Bonchev–Trinajstić information content (AvgIpc) is 2.27. The van der Waals surface area contributed by atoms with Crippen LogP contribution in [0.2, 0.25) is 0 Å². The van der Waals surface area contributed by atoms with Crippen LogP contribution in [0.25, 0.3) is 0 Å². The van der Waals surface area contributed by atoms with Crippen molar-refractivity contribution in [3.63, 3.8) is 0 Å². The molecule has 0 aliphatic carbocycles. The highest BCUT2D eigenvalue weighted by Crippen LogP contribution is 2.42. The summed E-state index contributed by atoms with van der Waals surface area (Å²) < 4.78 is 11.1. The monoisotopic (exact) mass is 303 g/mol. The van der Waals surface area contributed by atoms with Crippen molar-refractivity contribution in [2.24, 2.45) is 5.73 Å². The Hall–Kier alpha value is -1.27. The molecule has 0 aliphatic rings. The standard InChI is InChI=1S/C11H14BrNO4/c1-5-4-6(12)9(16-2)10(17-3)7(5)8(13)11(14)15/h4,8H,13H2,1-3H3,(H,14,15). The van der Waals surface area contributed by atoms with E-state index in [2.05, 4.69) is 15.9 Å². The topological polar surface area (TPSA) is 81.8 Å². The van der Waals surface area contributed by atoms with Gasteiger partial charge in [0.05, 0.1) is 18.7 Å². The van der Waals surface area contributed by atoms with Gasteiger partial charge >= 0.3 is 5.97 Å². The van der Waals surface area contributed by atoms with E-state index in [0.29, 0.717) is 21.5 Å². The van der Waals surface area contributed by atoms with Crippen LogP contribution in [0, 0.1) is 6.92 Å². The molecule has 0 fully saturated rings. The van der Waals surface area contributed by atoms with E-state index in [1.165, 1.54) is 14.2 Å². The Bertz CT molecular complexity index is 448. The first-order chi connectivity index (χ1) is 7.93. The van der Waals surface area contributed by atoms with Crippen LogP contribution in [-0.2, 0) is 4.79 Å². The maximum absolute atomic E-state index is 11.0. The van der Waals surface area contributed by atoms with Crippen molar-refractivity contribution >= 4 is 21.9 Å². The number of aryl methyl sites for hydroxylation is 1. The Morgan fingerprint density at radius 1 is 1.41 bits per heavy atom. The first kappa shape index (κ1) is 13.8. The molecule has 0 aromatic heterocycles. The van der Waals surface area contributed by atoms with E-state index in [0.717, 1.165) is 5.56 Å². The largest absolute Gasteiger partial charge is 0.492 e. The maximum atomic E-state index is 11.0. The summed E-state index contributed by atoms with van der Waals surface area (Å²) in [6, 6.07) is 0.603. The quantitative estimate of drug-likeness (QED) is 0.887. The van der Waals surface area contributed by atoms with E-state index < -0.39 is 12.0 Å². The van der Waals surface area contributed by atoms with Crippen molar-refractivity contribution < 1.29 is 19.4 Å². The molecule has 17 heavy (non-hydrogen) atoms. The van der Waals surface area contributed by atoms with Gasteiger partial charge in [-0.3, -0.25) is 4.79 Å². The van der Waals surface area contributed by atoms with Crippen molar-refractivity contribution in [3.05, 3.63) is 21.7 Å². The third kappa shape index (κ3) is 2.53. The molecule has 0 heterocycles. The smallest absolute Gasteiger partial charge is 0.325 e. The van der Waals surface area contributed by atoms with E-state index >= 15 is 0 Å². The summed E-state index contributed by atoms with van der Waals surface area (Å²) in [5.74, 6) is -0.338. The second-order valence-corrected chi connectivity index (χ2v) is 4.33. The zero-order valence-electron chi connectivity index (χ0n) is 9.78. The SMILES string of the molecule is COc1c(Br)cc(C)c(C(N)C(=O)O)c1OC. The van der Waals surface area contributed by atoms with Crippen LogP contribution in [0.5, 0.6) is 11.5 Å². The number of carboxylic acids is 1. The van der Waals surface area contributed by atoms with Gasteiger partial charge in [-0.1, -0.05) is 0 Å². The predicted molar refractivity (Wildman–Crippen MR) is 66.5 cm³/mol. The fourth-order valence-corrected chi connectivity index (χ4v) is 2.33. The van der Waals surface area contributed by atoms with Crippen molar-refractivity contribution in [1.29, 1.82) is 0 Å². The molecule has 0 saturated heterocycles. The fourth-order valence-electron chi connectivity index (χ4n) is 1.65. The van der Waals surface area contributed by atoms with E-state index in [4.69, 9.17) is 20.3 Å². The van der Waals surface area contributed by atoms with Crippen LogP contribution >= 0.6 is 15.9 Å². The van der Waals surface area contributed by atoms with E-state index in [1.54, 1.807) is 13.0 Å². The predicted octanol–water partition coefficient (Wildman–Crippen LogP) is 1.86. The Kier molecular flexibility index (Phi) is 4.36. The van der Waals surface area contributed by atoms with Gasteiger partial charge in [0, 0.05) is 5.56 Å². The summed E-state index contributed by atoms with van der Waals surface area (Å²) in [7, 11) is 2.93. The van der Waals surface area contributed by atoms with Gasteiger partial charge in [0.2, 0.25) is 0 Å². The summed E-state index contributed by atoms with van der Waals surface area (Å²) in [6.45, 7) is 1.77. The minimum absolute atomic E-state index is 0.342. The summed E-state index contributed by atoms with van der Waals surface area (Å²) in [6.07, 6.45) is 0. The van der Waals surface area contributed by atoms with Gasteiger partial charge in [-0.2, -0.15) is 0 Å². The van der Waals surface area contributed by atoms with E-state index in [-0.39, 0.29) is 0 Å². The lowest BCUT2D eigenvalue weighted by atomic mass is 10.00. The van der Waals surface area contributed by atoms with Crippen LogP contribution in [0.1, 0.15) is 17.2 Å². The molecule has 0 saturated carbocycles. The average molecular weight is 304 g/mol. The molecular weight excluding hydrogens is 290 g/mol. The normalized spacial score (nSPS) is 12.1. The summed E-state index contributed by atoms with van der Waals surface area (Å²) in [5, 5.41) is 8.98. The Labute approximate surface area is 108 Å². The Balaban J connectivity index is 3.52. The van der Waals surface area contributed by atoms with Crippen molar-refractivity contribution in [1.82, 2.24) is 0 Å². The Morgan fingerprint density at radius 3 is 2.35 bits per heavy atom. The number of benzene rings is 1. The third-order valence-electron chi connectivity index (χ3n) is 2.42. The second-order valence-electron chi connectivity index (χ2n) is 3.47. The minimum Gasteiger partial charge on any atom is -0.492 e. The molecule has 1 aromatic rings. The van der Waals surface area contributed by atoms with Gasteiger partial charge in [0.25, 0.3) is 0 Å². The molecule has 3 N–H and O–H groups in total. The van der Waals surface area contributed by atoms with Crippen LogP contribution < -0.4 is 15.2 Å². The first-order valence-corrected chi connectivity index (χ1v) is 5.62. The molecule has 0 amide bonds. The first-order valence-electron chi connectivity index (χ1n) is 4.83. The van der Waals surface area contributed by atoms with Gasteiger partial charge in [0.1, 0.15) is 6.04 Å². The lowest BCUT2D eigenvalue weighted by Gasteiger charge is -2.19. The van der Waals surface area contributed by atoms with Gasteiger partial charge in [-0.05, 0) is 34.5 Å². The summed E-state index contributed by atoms with van der Waals surface area (Å²) in [4.78, 5) is 11.0. The number of hydrogen-bond acceptors (Lipinski definition) is 4. The highest BCUT2D eigenvalue weighted by atomic mass is 79.9. The summed E-state index contributed by atoms with van der Waals surface area (Å²) in [5.41, 5.74) is 6.78. The number of rotatable bonds is 4. The molecule has 0 radical (unpaired) electrons. The van der Waals surface area contributed by atoms with Crippen LogP contribution in [0.3, 0.4) is 0 Å². The molecule has 0 bridgehead atoms. The molecule has 0 spiro atoms. The lowest BCUT2D eigenvalue weighted by molar-refractivity contribution is -0.138. The molecular formula is C11H14BrNO4. The maximum Gasteiger partial charge on any atom is 0.325 e. The number of halogens is 1. The molecule has 5 nitrogen and oxygen atoms in total. The highest BCUT2D eigenvalue weighted by molar-refractivity contribution is 9.10. The Morgan fingerprint density at radius 2 is 1.94 bits per heavy atom. The zero-order valence-corrected chi connectivity index (χ0v) is 11.4. The fraction of sp³-hybridized carbons (Fsp3) is 0.364. The molecule has 1 unspecified atom stereocenters. The van der Waals surface area contributed by atoms with Crippen molar-refractivity contribution in [2.75, 3.05) is 14.2 Å². The van der Waals surface area contributed by atoms with Gasteiger partial charge in [-0.25, -0.2) is 0 Å². The molecule has 1 aromatic carbocycles. The number of ether oxygens (including phenoxy) is 2. The van der Waals surface area contributed by atoms with Crippen LogP contribution in [-0.4, -0.2) is 25.3 Å². The molecule has 94 valence electrons. The number of aliphatic carboxylic acids is 1.